The standard InChI is InChI=1S/C22H27ClN2O3S/c1-15-12-16(2)21(17(3)13-15)24-22(26)18-8-10-25(11-9-18)29(27,28)14-19-6-4-5-7-20(19)23/h4-7,12-13,18H,8-11,14H2,1-3H3,(H,24,26). The molecule has 1 amide bonds. The van der Waals surface area contributed by atoms with Crippen LogP contribution in [0.5, 0.6) is 0 Å². The molecule has 7 heteroatoms. The number of hydrogen-bond donors (Lipinski definition) is 1. The van der Waals surface area contributed by atoms with Gasteiger partial charge in [-0.05, 0) is 56.4 Å². The molecule has 0 aliphatic carbocycles. The number of amides is 1. The highest BCUT2D eigenvalue weighted by Gasteiger charge is 2.31. The number of piperidine rings is 1. The molecule has 3 rings (SSSR count). The first-order valence-corrected chi connectivity index (χ1v) is 11.8. The van der Waals surface area contributed by atoms with E-state index in [-0.39, 0.29) is 17.6 Å². The molecule has 0 radical (unpaired) electrons. The summed E-state index contributed by atoms with van der Waals surface area (Å²) >= 11 is 6.11. The Hall–Kier alpha value is -1.89. The van der Waals surface area contributed by atoms with E-state index < -0.39 is 10.0 Å². The molecule has 1 heterocycles. The molecule has 2 aromatic rings. The number of carbonyl (C=O) groups excluding carboxylic acids is 1. The van der Waals surface area contributed by atoms with Gasteiger partial charge < -0.3 is 5.32 Å². The van der Waals surface area contributed by atoms with Crippen LogP contribution < -0.4 is 5.32 Å². The Morgan fingerprint density at radius 3 is 2.28 bits per heavy atom. The molecule has 0 aromatic heterocycles. The third kappa shape index (κ3) is 5.18. The normalized spacial score (nSPS) is 16.0. The minimum Gasteiger partial charge on any atom is -0.325 e. The summed E-state index contributed by atoms with van der Waals surface area (Å²) in [5.74, 6) is -0.351. The number of hydrogen-bond acceptors (Lipinski definition) is 3. The lowest BCUT2D eigenvalue weighted by Gasteiger charge is -2.31. The second kappa shape index (κ2) is 8.86. The van der Waals surface area contributed by atoms with Crippen LogP contribution in [0.1, 0.15) is 35.1 Å². The van der Waals surface area contributed by atoms with Crippen molar-refractivity contribution >= 4 is 33.2 Å². The zero-order valence-corrected chi connectivity index (χ0v) is 18.6. The van der Waals surface area contributed by atoms with Crippen molar-refractivity contribution < 1.29 is 13.2 Å². The quantitative estimate of drug-likeness (QED) is 0.756. The minimum atomic E-state index is -3.47. The monoisotopic (exact) mass is 434 g/mol. The van der Waals surface area contributed by atoms with Crippen LogP contribution in [0.4, 0.5) is 5.69 Å². The van der Waals surface area contributed by atoms with Gasteiger partial charge in [0.05, 0.1) is 5.75 Å². The number of halogens is 1. The summed E-state index contributed by atoms with van der Waals surface area (Å²) in [7, 11) is -3.47. The van der Waals surface area contributed by atoms with Gasteiger partial charge in [0.15, 0.2) is 0 Å². The summed E-state index contributed by atoms with van der Waals surface area (Å²) in [4.78, 5) is 12.8. The largest absolute Gasteiger partial charge is 0.325 e. The van der Waals surface area contributed by atoms with Gasteiger partial charge in [-0.2, -0.15) is 0 Å². The lowest BCUT2D eigenvalue weighted by Crippen LogP contribution is -2.42. The summed E-state index contributed by atoms with van der Waals surface area (Å²) in [6, 6.07) is 11.1. The Balaban J connectivity index is 1.61. The summed E-state index contributed by atoms with van der Waals surface area (Å²) in [6.07, 6.45) is 1.02. The molecule has 0 unspecified atom stereocenters. The van der Waals surface area contributed by atoms with Gasteiger partial charge in [-0.1, -0.05) is 47.5 Å². The van der Waals surface area contributed by atoms with E-state index in [0.717, 1.165) is 22.4 Å². The van der Waals surface area contributed by atoms with Crippen LogP contribution in [0, 0.1) is 26.7 Å². The van der Waals surface area contributed by atoms with Crippen molar-refractivity contribution in [2.24, 2.45) is 5.92 Å². The molecule has 1 fully saturated rings. The first kappa shape index (κ1) is 21.8. The Bertz CT molecular complexity index is 989. The highest BCUT2D eigenvalue weighted by molar-refractivity contribution is 7.88. The van der Waals surface area contributed by atoms with Crippen molar-refractivity contribution in [1.82, 2.24) is 4.31 Å². The van der Waals surface area contributed by atoms with Gasteiger partial charge in [-0.3, -0.25) is 4.79 Å². The summed E-state index contributed by atoms with van der Waals surface area (Å²) in [5, 5.41) is 3.50. The van der Waals surface area contributed by atoms with Crippen molar-refractivity contribution in [2.45, 2.75) is 39.4 Å². The highest BCUT2D eigenvalue weighted by atomic mass is 35.5. The maximum absolute atomic E-state index is 12.8. The lowest BCUT2D eigenvalue weighted by atomic mass is 9.96. The predicted octanol–water partition coefficient (Wildman–Crippen LogP) is 4.45. The van der Waals surface area contributed by atoms with Gasteiger partial charge in [0.1, 0.15) is 0 Å². The maximum atomic E-state index is 12.8. The average Bonchev–Trinajstić information content (AvgIpc) is 2.66. The fourth-order valence-electron chi connectivity index (χ4n) is 3.90. The number of nitrogens with one attached hydrogen (secondary N) is 1. The zero-order chi connectivity index (χ0) is 21.2. The molecule has 5 nitrogen and oxygen atoms in total. The smallest absolute Gasteiger partial charge is 0.227 e. The first-order chi connectivity index (χ1) is 13.7. The summed E-state index contributed by atoms with van der Waals surface area (Å²) < 4.78 is 27.0. The molecule has 0 saturated carbocycles. The SMILES string of the molecule is Cc1cc(C)c(NC(=O)C2CCN(S(=O)(=O)Cc3ccccc3Cl)CC2)c(C)c1. The Morgan fingerprint density at radius 2 is 1.69 bits per heavy atom. The van der Waals surface area contributed by atoms with Gasteiger partial charge in [0.2, 0.25) is 15.9 Å². The fourth-order valence-corrected chi connectivity index (χ4v) is 5.78. The summed E-state index contributed by atoms with van der Waals surface area (Å²) in [6.45, 7) is 6.69. The highest BCUT2D eigenvalue weighted by Crippen LogP contribution is 2.27. The van der Waals surface area contributed by atoms with Crippen molar-refractivity contribution in [3.05, 3.63) is 63.7 Å². The molecule has 1 aliphatic heterocycles. The van der Waals surface area contributed by atoms with E-state index in [1.165, 1.54) is 4.31 Å². The predicted molar refractivity (Wildman–Crippen MR) is 118 cm³/mol. The number of aryl methyl sites for hydroxylation is 3. The molecular weight excluding hydrogens is 408 g/mol. The van der Waals surface area contributed by atoms with Crippen molar-refractivity contribution in [3.8, 4) is 0 Å². The molecule has 0 spiro atoms. The number of rotatable bonds is 5. The molecule has 0 atom stereocenters. The Kier molecular flexibility index (Phi) is 6.66. The van der Waals surface area contributed by atoms with Crippen LogP contribution in [0.2, 0.25) is 5.02 Å². The van der Waals surface area contributed by atoms with E-state index in [2.05, 4.69) is 5.32 Å². The topological polar surface area (TPSA) is 66.5 Å². The number of nitrogens with zero attached hydrogens (tertiary/aromatic N) is 1. The van der Waals surface area contributed by atoms with E-state index in [9.17, 15) is 13.2 Å². The maximum Gasteiger partial charge on any atom is 0.227 e. The number of anilines is 1. The van der Waals surface area contributed by atoms with Crippen molar-refractivity contribution in [2.75, 3.05) is 18.4 Å². The van der Waals surface area contributed by atoms with E-state index in [1.807, 2.05) is 32.9 Å². The molecule has 1 N–H and O–H groups in total. The van der Waals surface area contributed by atoms with Crippen LogP contribution in [-0.4, -0.2) is 31.7 Å². The van der Waals surface area contributed by atoms with Gasteiger partial charge in [0, 0.05) is 29.7 Å². The molecule has 2 aromatic carbocycles. The van der Waals surface area contributed by atoms with E-state index in [4.69, 9.17) is 11.6 Å². The first-order valence-electron chi connectivity index (χ1n) is 9.77. The molecule has 1 aliphatic rings. The molecule has 29 heavy (non-hydrogen) atoms. The molecule has 0 bridgehead atoms. The molecule has 1 saturated heterocycles. The van der Waals surface area contributed by atoms with Crippen LogP contribution >= 0.6 is 11.6 Å². The Labute approximate surface area is 178 Å². The molecule has 156 valence electrons. The average molecular weight is 435 g/mol. The molecular formula is C22H27ClN2O3S. The lowest BCUT2D eigenvalue weighted by molar-refractivity contribution is -0.120. The second-order valence-corrected chi connectivity index (χ2v) is 10.2. The second-order valence-electron chi connectivity index (χ2n) is 7.78. The van der Waals surface area contributed by atoms with Crippen LogP contribution in [0.25, 0.3) is 0 Å². The van der Waals surface area contributed by atoms with E-state index >= 15 is 0 Å². The van der Waals surface area contributed by atoms with E-state index in [0.29, 0.717) is 36.5 Å². The fraction of sp³-hybridized carbons (Fsp3) is 0.409. The number of carbonyl (C=O) groups is 1. The van der Waals surface area contributed by atoms with Gasteiger partial charge >= 0.3 is 0 Å². The number of benzene rings is 2. The van der Waals surface area contributed by atoms with Crippen molar-refractivity contribution in [3.63, 3.8) is 0 Å². The Morgan fingerprint density at radius 1 is 1.10 bits per heavy atom. The van der Waals surface area contributed by atoms with Crippen LogP contribution in [-0.2, 0) is 20.6 Å². The van der Waals surface area contributed by atoms with Crippen LogP contribution in [0.15, 0.2) is 36.4 Å². The van der Waals surface area contributed by atoms with Crippen molar-refractivity contribution in [1.29, 1.82) is 0 Å². The van der Waals surface area contributed by atoms with Gasteiger partial charge in [-0.25, -0.2) is 12.7 Å². The third-order valence-corrected chi connectivity index (χ3v) is 7.64. The number of sulfonamides is 1. The van der Waals surface area contributed by atoms with E-state index in [1.54, 1.807) is 24.3 Å². The minimum absolute atomic E-state index is 0.0387. The third-order valence-electron chi connectivity index (χ3n) is 5.44. The van der Waals surface area contributed by atoms with Crippen LogP contribution in [0.3, 0.4) is 0 Å². The van der Waals surface area contributed by atoms with Gasteiger partial charge in [0.25, 0.3) is 0 Å². The zero-order valence-electron chi connectivity index (χ0n) is 17.0. The summed E-state index contributed by atoms with van der Waals surface area (Å²) in [5.41, 5.74) is 4.69. The van der Waals surface area contributed by atoms with Gasteiger partial charge in [-0.15, -0.1) is 0 Å².